The van der Waals surface area contributed by atoms with Gasteiger partial charge in [-0.3, -0.25) is 0 Å². The van der Waals surface area contributed by atoms with Crippen molar-refractivity contribution in [3.05, 3.63) is 328 Å². The zero-order valence-electron chi connectivity index (χ0n) is 59.9. The second kappa shape index (κ2) is 41.2. The Morgan fingerprint density at radius 2 is 0.838 bits per heavy atom. The fourth-order valence-corrected chi connectivity index (χ4v) is 21.1. The van der Waals surface area contributed by atoms with E-state index >= 15 is 0 Å². The summed E-state index contributed by atoms with van der Waals surface area (Å²) in [5, 5.41) is 30.6. The zero-order valence-corrected chi connectivity index (χ0v) is 69.6. The number of nitrogens with zero attached hydrogens (tertiary/aromatic N) is 6. The normalized spacial score (nSPS) is 12.3. The van der Waals surface area contributed by atoms with E-state index in [1.807, 2.05) is 12.1 Å². The van der Waals surface area contributed by atoms with Crippen LogP contribution in [0.25, 0.3) is 50.2 Å². The van der Waals surface area contributed by atoms with Crippen molar-refractivity contribution in [1.29, 1.82) is 0 Å². The molecule has 6 heterocycles. The van der Waals surface area contributed by atoms with Gasteiger partial charge in [0.15, 0.2) is 11.3 Å². The van der Waals surface area contributed by atoms with Crippen LogP contribution < -0.4 is 31.8 Å². The van der Waals surface area contributed by atoms with Crippen molar-refractivity contribution in [1.82, 2.24) is 27.9 Å². The molecule has 8 aromatic carbocycles. The molecule has 0 amide bonds. The number of allylic oxidation sites excluding steroid dienone is 4. The van der Waals surface area contributed by atoms with Crippen LogP contribution in [0.1, 0.15) is 77.5 Å². The van der Waals surface area contributed by atoms with Gasteiger partial charge in [0.1, 0.15) is 0 Å². The predicted molar refractivity (Wildman–Crippen MR) is 455 cm³/mol. The van der Waals surface area contributed by atoms with Crippen LogP contribution in [-0.4, -0.2) is 87.0 Å². The van der Waals surface area contributed by atoms with Crippen LogP contribution in [0, 0.1) is 0 Å². The van der Waals surface area contributed by atoms with E-state index in [0.29, 0.717) is 43.4 Å². The van der Waals surface area contributed by atoms with Crippen molar-refractivity contribution < 1.29 is 61.9 Å². The molecule has 0 saturated heterocycles. The van der Waals surface area contributed by atoms with E-state index in [2.05, 4.69) is 224 Å². The summed E-state index contributed by atoms with van der Waals surface area (Å²) in [6, 6.07) is 84.8. The summed E-state index contributed by atoms with van der Waals surface area (Å²) < 4.78 is 66.4. The summed E-state index contributed by atoms with van der Waals surface area (Å²) in [5.41, 5.74) is 5.70. The van der Waals surface area contributed by atoms with Gasteiger partial charge in [0.05, 0.1) is 34.4 Å². The third kappa shape index (κ3) is 21.5. The number of ether oxygens (including phenoxy) is 2. The number of hydrogen-bond donors (Lipinski definition) is 2. The molecule has 0 fully saturated rings. The summed E-state index contributed by atoms with van der Waals surface area (Å²) in [6.45, 7) is 3.96. The molecule has 6 aromatic heterocycles. The number of halogens is 3. The van der Waals surface area contributed by atoms with E-state index in [1.54, 1.807) is 85.4 Å². The second-order valence-corrected chi connectivity index (χ2v) is 37.4. The standard InChI is InChI=1S/C24H21N3O4S2.C19H14BrN3O4S2.2C18H15P.C5H9BO2.2ClH.Pd/c1-2-31-24(28)23-26-21(15-32-23)20-14-27(33(29,30)18-10-4-3-5-11-18)22-19(20)12-17(13-25-22)16-8-6-7-9-16;1-2-27-19(24)18-22-16(11-28-18)15-10-23(17-14(15)8-12(20)9-21-17)29(25,26)13-6-4-3-5-7-13;2*1-4-10-16(11-5-1)19(17-12-6-2-7-13-17)18-14-8-3-9-15-18;7-6(8)5-3-1-2-4-5;;;/h3-5,8,10-15H,2,6-7,9H2,1H3;3-11H,2H2,1H3;2*1-15H;3,7-8H,1-2,4H2;2*1H;/q;;;;;;;+2/p-2. The summed E-state index contributed by atoms with van der Waals surface area (Å²) in [7, 11) is -0.201. The van der Waals surface area contributed by atoms with Gasteiger partial charge in [-0.1, -0.05) is 231 Å². The summed E-state index contributed by atoms with van der Waals surface area (Å²) in [4.78, 5) is 42.1. The minimum atomic E-state index is -3.88. The number of hydrogen-bond acceptors (Lipinski definition) is 16. The fourth-order valence-electron chi connectivity index (χ4n) is 12.1. The maximum Gasteiger partial charge on any atom is -0.0134 e. The number of carbonyl (C=O) groups excluding carboxylic acids is 2. The number of aromatic nitrogens is 6. The first-order chi connectivity index (χ1) is 54.0. The Labute approximate surface area is 681 Å². The van der Waals surface area contributed by atoms with Gasteiger partial charge in [-0.25, -0.2) is 54.3 Å². The van der Waals surface area contributed by atoms with E-state index in [-0.39, 0.29) is 54.6 Å². The molecule has 0 bridgehead atoms. The molecule has 27 heteroatoms. The van der Waals surface area contributed by atoms with Crippen molar-refractivity contribution in [2.45, 2.75) is 62.2 Å². The molecule has 0 saturated carbocycles. The van der Waals surface area contributed by atoms with Crippen molar-refractivity contribution in [3.63, 3.8) is 0 Å². The number of fused-ring (bicyclic) bond motifs is 2. The molecule has 2 N–H and O–H groups in total. The maximum atomic E-state index is 13.5. The molecule has 0 spiro atoms. The van der Waals surface area contributed by atoms with E-state index in [4.69, 9.17) is 38.6 Å². The first-order valence-electron chi connectivity index (χ1n) is 35.0. The van der Waals surface area contributed by atoms with Gasteiger partial charge in [0, 0.05) is 61.9 Å². The van der Waals surface area contributed by atoms with E-state index in [1.165, 1.54) is 83.4 Å². The number of rotatable bonds is 18. The topological polar surface area (TPSA) is 223 Å². The van der Waals surface area contributed by atoms with Crippen molar-refractivity contribution in [2.24, 2.45) is 0 Å². The average molecular weight is 1790 g/mol. The molecule has 16 rings (SSSR count). The molecule has 0 aliphatic heterocycles. The molecule has 2 aliphatic rings. The fraction of sp³-hybridized carbons (Fsp3) is 0.119. The molecule has 14 aromatic rings. The van der Waals surface area contributed by atoms with E-state index < -0.39 is 54.9 Å². The Morgan fingerprint density at radius 3 is 1.15 bits per heavy atom. The van der Waals surface area contributed by atoms with Gasteiger partial charge in [-0.15, -0.1) is 22.7 Å². The van der Waals surface area contributed by atoms with Gasteiger partial charge in [0.25, 0.3) is 20.0 Å². The van der Waals surface area contributed by atoms with Gasteiger partial charge in [-0.05, 0) is 169 Å². The molecule has 0 atom stereocenters. The Balaban J connectivity index is 0.000000143. The van der Waals surface area contributed by atoms with E-state index in [9.17, 15) is 26.4 Å². The Kier molecular flexibility index (Phi) is 30.9. The van der Waals surface area contributed by atoms with Gasteiger partial charge in [-0.2, -0.15) is 0 Å². The SMILES string of the molecule is CCOC(=O)c1nc(-c2cn(S(=O)(=O)c3ccccc3)c3ncc(Br)cc23)cs1.CCOC(=O)c1nc(-c2cn(S(=O)(=O)c3ccccc3)c3ncc(C4=CCCC4)cc23)cs1.OB(O)C1=CCCC1.[Cl][Pd][Cl].c1ccc(P(c2ccccc2)c2ccccc2)cc1.c1ccc(P(c2ccccc2)c2ccccc2)cc1. The molecule has 568 valence electrons. The number of thiazole rings is 2. The summed E-state index contributed by atoms with van der Waals surface area (Å²) >= 11 is 5.58. The van der Waals surface area contributed by atoms with Crippen molar-refractivity contribution in [2.75, 3.05) is 13.2 Å². The number of benzene rings is 8. The van der Waals surface area contributed by atoms with Crippen LogP contribution in [0.2, 0.25) is 0 Å². The van der Waals surface area contributed by atoms with Crippen LogP contribution in [0.3, 0.4) is 0 Å². The Bertz CT molecular complexity index is 5370. The Hall–Kier alpha value is -8.71. The molecule has 111 heavy (non-hydrogen) atoms. The first-order valence-corrected chi connectivity index (χ1v) is 47.2. The van der Waals surface area contributed by atoms with E-state index in [0.717, 1.165) is 64.9 Å². The van der Waals surface area contributed by atoms with Crippen LogP contribution in [-0.2, 0) is 45.5 Å². The van der Waals surface area contributed by atoms with Crippen LogP contribution in [0.4, 0.5) is 0 Å². The maximum absolute atomic E-state index is 13.5. The minimum absolute atomic E-state index is 0.106. The number of pyridine rings is 2. The third-order valence-corrected chi connectivity index (χ3v) is 27.5. The second-order valence-electron chi connectivity index (χ2n) is 24.3. The quantitative estimate of drug-likeness (QED) is 0.0463. The van der Waals surface area contributed by atoms with Gasteiger partial charge < -0.3 is 19.5 Å². The number of esters is 2. The minimum Gasteiger partial charge on any atom is -0.0622 e. The smallest absolute Gasteiger partial charge is 0.0134 e. The predicted octanol–water partition coefficient (Wildman–Crippen LogP) is 17.9. The summed E-state index contributed by atoms with van der Waals surface area (Å²) in [5.74, 6) is -1.01. The molecule has 2 aliphatic carbocycles. The Morgan fingerprint density at radius 1 is 0.505 bits per heavy atom. The van der Waals surface area contributed by atoms with Crippen LogP contribution >= 0.6 is 73.5 Å². The largest absolute Gasteiger partial charge is 0.0622 e. The van der Waals surface area contributed by atoms with Gasteiger partial charge in [0.2, 0.25) is 10.0 Å². The molecule has 16 nitrogen and oxygen atoms in total. The van der Waals surface area contributed by atoms with Crippen LogP contribution in [0.15, 0.2) is 322 Å². The average Bonchev–Trinajstić information content (AvgIpc) is 1.60. The number of carbonyl (C=O) groups is 2. The molecule has 0 unspecified atom stereocenters. The first kappa shape index (κ1) is 83.2. The molecular weight excluding hydrogens is 1710 g/mol. The van der Waals surface area contributed by atoms with Crippen molar-refractivity contribution in [3.8, 4) is 22.5 Å². The monoisotopic (exact) mass is 1780 g/mol. The zero-order chi connectivity index (χ0) is 78.1. The summed E-state index contributed by atoms with van der Waals surface area (Å²) in [6.07, 6.45) is 16.4. The molecular formula is C84H74BBrCl2N6O10P2PdS4. The molecule has 0 radical (unpaired) electrons. The third-order valence-electron chi connectivity index (χ3n) is 17.2. The van der Waals surface area contributed by atoms with Crippen LogP contribution in [0.5, 0.6) is 0 Å². The van der Waals surface area contributed by atoms with Gasteiger partial charge >= 0.3 is 54.1 Å². The van der Waals surface area contributed by atoms with Crippen molar-refractivity contribution >= 4 is 172 Å².